The molecule has 4 aromatic rings. The van der Waals surface area contributed by atoms with Gasteiger partial charge >= 0.3 is 0 Å². The van der Waals surface area contributed by atoms with Gasteiger partial charge in [0.05, 0.1) is 22.3 Å². The van der Waals surface area contributed by atoms with Gasteiger partial charge in [-0.1, -0.05) is 30.3 Å². The SMILES string of the molecule is Cc1cc(O)c2c(c1)Cc1ccc(-c3c(C)cc(O)c4c3C(=O)c3cccc(O)c3C4=O)c(O)c1C2=O. The molecular weight excluding hydrogens is 472 g/mol. The van der Waals surface area contributed by atoms with Crippen LogP contribution < -0.4 is 0 Å². The van der Waals surface area contributed by atoms with Gasteiger partial charge in [-0.05, 0) is 60.7 Å². The van der Waals surface area contributed by atoms with Crippen LogP contribution in [0.2, 0.25) is 0 Å². The van der Waals surface area contributed by atoms with Gasteiger partial charge in [0.15, 0.2) is 5.78 Å². The lowest BCUT2D eigenvalue weighted by molar-refractivity contribution is 0.0974. The summed E-state index contributed by atoms with van der Waals surface area (Å²) in [4.78, 5) is 40.5. The molecule has 0 saturated heterocycles. The Morgan fingerprint density at radius 3 is 2.03 bits per heavy atom. The van der Waals surface area contributed by atoms with E-state index in [1.807, 2.05) is 13.0 Å². The van der Waals surface area contributed by atoms with Crippen molar-refractivity contribution in [1.29, 1.82) is 0 Å². The lowest BCUT2D eigenvalue weighted by Gasteiger charge is -2.26. The van der Waals surface area contributed by atoms with Crippen LogP contribution in [-0.2, 0) is 6.42 Å². The zero-order valence-corrected chi connectivity index (χ0v) is 19.8. The lowest BCUT2D eigenvalue weighted by atomic mass is 9.76. The fraction of sp³-hybridized carbons (Fsp3) is 0.100. The van der Waals surface area contributed by atoms with Crippen molar-refractivity contribution in [1.82, 2.24) is 0 Å². The van der Waals surface area contributed by atoms with E-state index in [4.69, 9.17) is 0 Å². The van der Waals surface area contributed by atoms with Crippen LogP contribution in [-0.4, -0.2) is 37.8 Å². The number of hydrogen-bond donors (Lipinski definition) is 4. The van der Waals surface area contributed by atoms with Gasteiger partial charge in [0.25, 0.3) is 0 Å². The Morgan fingerprint density at radius 2 is 1.27 bits per heavy atom. The van der Waals surface area contributed by atoms with Crippen molar-refractivity contribution in [3.63, 3.8) is 0 Å². The molecule has 182 valence electrons. The smallest absolute Gasteiger partial charge is 0.201 e. The number of phenols is 4. The van der Waals surface area contributed by atoms with Crippen LogP contribution in [0.15, 0.2) is 48.5 Å². The molecule has 2 aliphatic carbocycles. The van der Waals surface area contributed by atoms with E-state index >= 15 is 0 Å². The number of aromatic hydroxyl groups is 4. The second kappa shape index (κ2) is 7.54. The number of aryl methyl sites for hydroxylation is 2. The summed E-state index contributed by atoms with van der Waals surface area (Å²) >= 11 is 0. The molecule has 0 amide bonds. The van der Waals surface area contributed by atoms with Crippen LogP contribution in [0.4, 0.5) is 0 Å². The summed E-state index contributed by atoms with van der Waals surface area (Å²) in [6.45, 7) is 3.43. The fourth-order valence-electron chi connectivity index (χ4n) is 5.64. The van der Waals surface area contributed by atoms with Gasteiger partial charge in [0, 0.05) is 22.3 Å². The molecule has 7 nitrogen and oxygen atoms in total. The van der Waals surface area contributed by atoms with E-state index in [1.165, 1.54) is 30.3 Å². The average Bonchev–Trinajstić information content (AvgIpc) is 2.82. The highest BCUT2D eigenvalue weighted by Crippen LogP contribution is 2.47. The number of carbonyl (C=O) groups excluding carboxylic acids is 3. The van der Waals surface area contributed by atoms with Crippen molar-refractivity contribution in [2.75, 3.05) is 0 Å². The number of rotatable bonds is 1. The molecule has 37 heavy (non-hydrogen) atoms. The minimum Gasteiger partial charge on any atom is -0.507 e. The van der Waals surface area contributed by atoms with E-state index in [-0.39, 0.29) is 61.8 Å². The largest absolute Gasteiger partial charge is 0.507 e. The summed E-state index contributed by atoms with van der Waals surface area (Å²) in [6.07, 6.45) is 0.316. The molecule has 0 saturated carbocycles. The molecule has 0 heterocycles. The Balaban J connectivity index is 1.62. The molecule has 0 spiro atoms. The van der Waals surface area contributed by atoms with E-state index in [0.29, 0.717) is 23.1 Å². The van der Waals surface area contributed by atoms with E-state index in [1.54, 1.807) is 19.1 Å². The Morgan fingerprint density at radius 1 is 0.568 bits per heavy atom. The highest BCUT2D eigenvalue weighted by atomic mass is 16.3. The van der Waals surface area contributed by atoms with E-state index in [0.717, 1.165) is 5.56 Å². The Labute approximate surface area is 210 Å². The third-order valence-electron chi connectivity index (χ3n) is 7.18. The second-order valence-corrected chi connectivity index (χ2v) is 9.52. The first-order chi connectivity index (χ1) is 17.6. The number of benzene rings is 4. The van der Waals surface area contributed by atoms with Gasteiger partial charge in [0.1, 0.15) is 23.0 Å². The molecule has 6 rings (SSSR count). The summed E-state index contributed by atoms with van der Waals surface area (Å²) < 4.78 is 0. The van der Waals surface area contributed by atoms with Crippen molar-refractivity contribution in [3.8, 4) is 34.1 Å². The van der Waals surface area contributed by atoms with Crippen molar-refractivity contribution in [2.45, 2.75) is 20.3 Å². The van der Waals surface area contributed by atoms with Gasteiger partial charge in [-0.3, -0.25) is 14.4 Å². The fourth-order valence-corrected chi connectivity index (χ4v) is 5.64. The summed E-state index contributed by atoms with van der Waals surface area (Å²) in [5.74, 6) is -3.22. The van der Waals surface area contributed by atoms with Crippen LogP contribution >= 0.6 is 0 Å². The Bertz CT molecular complexity index is 1760. The topological polar surface area (TPSA) is 132 Å². The maximum Gasteiger partial charge on any atom is 0.201 e. The van der Waals surface area contributed by atoms with Crippen molar-refractivity contribution in [3.05, 3.63) is 104 Å². The van der Waals surface area contributed by atoms with Gasteiger partial charge in [-0.15, -0.1) is 0 Å². The minimum atomic E-state index is -0.718. The molecule has 4 aromatic carbocycles. The summed E-state index contributed by atoms with van der Waals surface area (Å²) in [5, 5.41) is 42.9. The molecule has 0 aromatic heterocycles. The molecule has 7 heteroatoms. The quantitative estimate of drug-likeness (QED) is 0.261. The van der Waals surface area contributed by atoms with E-state index in [2.05, 4.69) is 0 Å². The van der Waals surface area contributed by atoms with Crippen LogP contribution in [0.5, 0.6) is 23.0 Å². The molecule has 0 atom stereocenters. The van der Waals surface area contributed by atoms with Gasteiger partial charge in [-0.25, -0.2) is 0 Å². The van der Waals surface area contributed by atoms with Crippen molar-refractivity contribution >= 4 is 17.3 Å². The molecule has 4 N–H and O–H groups in total. The highest BCUT2D eigenvalue weighted by Gasteiger charge is 2.38. The van der Waals surface area contributed by atoms with Gasteiger partial charge in [0.2, 0.25) is 11.6 Å². The minimum absolute atomic E-state index is 0.0120. The van der Waals surface area contributed by atoms with Crippen LogP contribution in [0.1, 0.15) is 70.0 Å². The molecule has 2 aliphatic rings. The zero-order chi connectivity index (χ0) is 26.3. The first-order valence-corrected chi connectivity index (χ1v) is 11.6. The number of phenolic OH excluding ortho intramolecular Hbond substituents is 4. The number of hydrogen-bond acceptors (Lipinski definition) is 7. The number of ketones is 3. The number of carbonyl (C=O) groups is 3. The van der Waals surface area contributed by atoms with E-state index in [9.17, 15) is 34.8 Å². The van der Waals surface area contributed by atoms with Crippen LogP contribution in [0, 0.1) is 13.8 Å². The third kappa shape index (κ3) is 2.97. The maximum atomic E-state index is 13.7. The van der Waals surface area contributed by atoms with Crippen LogP contribution in [0.25, 0.3) is 11.1 Å². The third-order valence-corrected chi connectivity index (χ3v) is 7.18. The molecule has 0 aliphatic heterocycles. The molecule has 0 radical (unpaired) electrons. The van der Waals surface area contributed by atoms with Gasteiger partial charge in [-0.2, -0.15) is 0 Å². The zero-order valence-electron chi connectivity index (χ0n) is 19.8. The molecule has 0 bridgehead atoms. The Hall–Kier alpha value is -4.91. The summed E-state index contributed by atoms with van der Waals surface area (Å²) in [5.41, 5.74) is 2.27. The standard InChI is InChI=1S/C30H20O7/c1-12-8-15-11-14-6-7-17(27(34)23(14)29(36)22(15)19(32)9-12)21-13(2)10-20(33)25-26(21)28(35)16-4-3-5-18(31)24(16)30(25)37/h3-10,31-34H,11H2,1-2H3. The monoisotopic (exact) mass is 492 g/mol. The highest BCUT2D eigenvalue weighted by molar-refractivity contribution is 6.32. The average molecular weight is 492 g/mol. The van der Waals surface area contributed by atoms with Crippen molar-refractivity contribution < 1.29 is 34.8 Å². The lowest BCUT2D eigenvalue weighted by Crippen LogP contribution is -2.23. The summed E-state index contributed by atoms with van der Waals surface area (Å²) in [7, 11) is 0. The first-order valence-electron chi connectivity index (χ1n) is 11.6. The van der Waals surface area contributed by atoms with Crippen LogP contribution in [0.3, 0.4) is 0 Å². The maximum absolute atomic E-state index is 13.7. The molecule has 0 unspecified atom stereocenters. The van der Waals surface area contributed by atoms with E-state index < -0.39 is 23.1 Å². The Kier molecular flexibility index (Phi) is 4.60. The predicted octanol–water partition coefficient (Wildman–Crippen LogP) is 4.70. The molecule has 0 fully saturated rings. The first kappa shape index (κ1) is 22.5. The predicted molar refractivity (Wildman–Crippen MR) is 134 cm³/mol. The normalized spacial score (nSPS) is 13.6. The number of fused-ring (bicyclic) bond motifs is 4. The summed E-state index contributed by atoms with van der Waals surface area (Å²) in [6, 6.07) is 12.0. The second-order valence-electron chi connectivity index (χ2n) is 9.52. The van der Waals surface area contributed by atoms with Gasteiger partial charge < -0.3 is 20.4 Å². The van der Waals surface area contributed by atoms with Crippen molar-refractivity contribution in [2.24, 2.45) is 0 Å². The molecular formula is C30H20O7.